The van der Waals surface area contributed by atoms with Crippen molar-refractivity contribution >= 4 is 15.9 Å². The van der Waals surface area contributed by atoms with Crippen molar-refractivity contribution in [3.8, 4) is 0 Å². The number of hydrogen-bond donors (Lipinski definition) is 1. The maximum absolute atomic E-state index is 13.8. The summed E-state index contributed by atoms with van der Waals surface area (Å²) in [5.41, 5.74) is 0.146. The molecule has 1 aliphatic heterocycles. The lowest BCUT2D eigenvalue weighted by molar-refractivity contribution is 0.161. The van der Waals surface area contributed by atoms with Crippen LogP contribution in [0, 0.1) is 11.6 Å². The van der Waals surface area contributed by atoms with Gasteiger partial charge < -0.3 is 5.32 Å². The number of halogens is 3. The van der Waals surface area contributed by atoms with Crippen molar-refractivity contribution in [1.29, 1.82) is 0 Å². The van der Waals surface area contributed by atoms with E-state index in [1.807, 2.05) is 0 Å². The highest BCUT2D eigenvalue weighted by Gasteiger charge is 2.21. The zero-order valence-electron chi connectivity index (χ0n) is 9.64. The van der Waals surface area contributed by atoms with E-state index in [1.165, 1.54) is 12.1 Å². The first-order valence-corrected chi connectivity index (χ1v) is 6.46. The molecule has 2 rings (SSSR count). The van der Waals surface area contributed by atoms with Gasteiger partial charge in [-0.2, -0.15) is 0 Å². The smallest absolute Gasteiger partial charge is 0.144 e. The molecule has 1 fully saturated rings. The van der Waals surface area contributed by atoms with Gasteiger partial charge in [-0.1, -0.05) is 0 Å². The predicted octanol–water partition coefficient (Wildman–Crippen LogP) is 2.52. The number of piperazine rings is 1. The Hall–Kier alpha value is -0.520. The molecule has 0 spiro atoms. The molecule has 2 nitrogen and oxygen atoms in total. The fraction of sp³-hybridized carbons (Fsp3) is 0.500. The molecule has 17 heavy (non-hydrogen) atoms. The highest BCUT2D eigenvalue weighted by molar-refractivity contribution is 9.10. The van der Waals surface area contributed by atoms with Crippen LogP contribution in [0.25, 0.3) is 0 Å². The van der Waals surface area contributed by atoms with Crippen LogP contribution in [0.3, 0.4) is 0 Å². The second-order valence-electron chi connectivity index (χ2n) is 4.35. The number of nitrogens with zero attached hydrogens (tertiary/aromatic N) is 1. The molecule has 1 aliphatic rings. The van der Waals surface area contributed by atoms with Crippen molar-refractivity contribution < 1.29 is 8.78 Å². The van der Waals surface area contributed by atoms with Crippen LogP contribution >= 0.6 is 15.9 Å². The van der Waals surface area contributed by atoms with Crippen LogP contribution in [0.2, 0.25) is 0 Å². The monoisotopic (exact) mass is 304 g/mol. The van der Waals surface area contributed by atoms with Gasteiger partial charge in [-0.05, 0) is 35.0 Å². The normalized spacial score (nSPS) is 21.8. The van der Waals surface area contributed by atoms with Crippen LogP contribution in [0.1, 0.15) is 12.5 Å². The van der Waals surface area contributed by atoms with Crippen molar-refractivity contribution in [1.82, 2.24) is 10.2 Å². The third-order valence-corrected chi connectivity index (χ3v) is 3.75. The Morgan fingerprint density at radius 3 is 2.94 bits per heavy atom. The van der Waals surface area contributed by atoms with Crippen molar-refractivity contribution in [2.75, 3.05) is 19.6 Å². The van der Waals surface area contributed by atoms with Gasteiger partial charge in [0.25, 0.3) is 0 Å². The molecular formula is C12H15BrF2N2. The van der Waals surface area contributed by atoms with E-state index < -0.39 is 11.6 Å². The Balaban J connectivity index is 2.20. The number of nitrogens with one attached hydrogen (secondary N) is 1. The summed E-state index contributed by atoms with van der Waals surface area (Å²) in [6.07, 6.45) is 0. The van der Waals surface area contributed by atoms with Gasteiger partial charge in [0.1, 0.15) is 11.6 Å². The van der Waals surface area contributed by atoms with Gasteiger partial charge in [0.2, 0.25) is 0 Å². The van der Waals surface area contributed by atoms with Crippen molar-refractivity contribution in [2.45, 2.75) is 19.5 Å². The average Bonchev–Trinajstić information content (AvgIpc) is 2.32. The van der Waals surface area contributed by atoms with Crippen LogP contribution in [0.5, 0.6) is 0 Å². The molecule has 0 saturated carbocycles. The largest absolute Gasteiger partial charge is 0.314 e. The SMILES string of the molecule is C[C@@H]1CNCCN1Cc1c(F)ccc(Br)c1F. The second kappa shape index (κ2) is 5.42. The van der Waals surface area contributed by atoms with E-state index in [1.54, 1.807) is 0 Å². The van der Waals surface area contributed by atoms with Crippen LogP contribution < -0.4 is 5.32 Å². The summed E-state index contributed by atoms with van der Waals surface area (Å²) < 4.78 is 27.7. The van der Waals surface area contributed by atoms with Crippen LogP contribution in [0.4, 0.5) is 8.78 Å². The summed E-state index contributed by atoms with van der Waals surface area (Å²) in [4.78, 5) is 2.09. The van der Waals surface area contributed by atoms with E-state index in [-0.39, 0.29) is 5.56 Å². The zero-order valence-corrected chi connectivity index (χ0v) is 11.2. The molecule has 0 amide bonds. The maximum Gasteiger partial charge on any atom is 0.144 e. The first kappa shape index (κ1) is 12.9. The average molecular weight is 305 g/mol. The lowest BCUT2D eigenvalue weighted by Gasteiger charge is -2.34. The standard InChI is InChI=1S/C12H15BrF2N2/c1-8-6-16-4-5-17(8)7-9-11(14)3-2-10(13)12(9)15/h2-3,8,16H,4-7H2,1H3/t8-/m1/s1. The first-order valence-electron chi connectivity index (χ1n) is 5.66. The lowest BCUT2D eigenvalue weighted by atomic mass is 10.1. The Morgan fingerprint density at radius 2 is 2.24 bits per heavy atom. The minimum atomic E-state index is -0.490. The van der Waals surface area contributed by atoms with E-state index in [0.717, 1.165) is 19.6 Å². The molecule has 1 saturated heterocycles. The number of benzene rings is 1. The maximum atomic E-state index is 13.8. The molecule has 0 aliphatic carbocycles. The van der Waals surface area contributed by atoms with Crippen LogP contribution in [0.15, 0.2) is 16.6 Å². The Bertz CT molecular complexity index is 412. The van der Waals surface area contributed by atoms with Crippen LogP contribution in [-0.4, -0.2) is 30.6 Å². The fourth-order valence-corrected chi connectivity index (χ4v) is 2.41. The molecule has 0 aromatic heterocycles. The highest BCUT2D eigenvalue weighted by Crippen LogP contribution is 2.23. The van der Waals surface area contributed by atoms with Gasteiger partial charge in [0.15, 0.2) is 0 Å². The van der Waals surface area contributed by atoms with Gasteiger partial charge in [0.05, 0.1) is 4.47 Å². The Morgan fingerprint density at radius 1 is 1.47 bits per heavy atom. The lowest BCUT2D eigenvalue weighted by Crippen LogP contribution is -2.49. The predicted molar refractivity (Wildman–Crippen MR) is 66.8 cm³/mol. The summed E-state index contributed by atoms with van der Waals surface area (Å²) in [6.45, 7) is 4.91. The first-order chi connectivity index (χ1) is 8.09. The van der Waals surface area contributed by atoms with Crippen molar-refractivity contribution in [2.24, 2.45) is 0 Å². The molecular weight excluding hydrogens is 290 g/mol. The van der Waals surface area contributed by atoms with Crippen molar-refractivity contribution in [3.05, 3.63) is 33.8 Å². The van der Waals surface area contributed by atoms with E-state index in [2.05, 4.69) is 33.1 Å². The molecule has 0 radical (unpaired) electrons. The molecule has 1 heterocycles. The summed E-state index contributed by atoms with van der Waals surface area (Å²) >= 11 is 3.09. The summed E-state index contributed by atoms with van der Waals surface area (Å²) in [6, 6.07) is 2.99. The molecule has 94 valence electrons. The van der Waals surface area contributed by atoms with Gasteiger partial charge in [0, 0.05) is 37.8 Å². The minimum absolute atomic E-state index is 0.146. The molecule has 0 unspecified atom stereocenters. The molecule has 1 aromatic carbocycles. The van der Waals surface area contributed by atoms with Crippen LogP contribution in [-0.2, 0) is 6.54 Å². The highest BCUT2D eigenvalue weighted by atomic mass is 79.9. The molecule has 0 bridgehead atoms. The fourth-order valence-electron chi connectivity index (χ4n) is 2.04. The topological polar surface area (TPSA) is 15.3 Å². The number of rotatable bonds is 2. The molecule has 1 atom stereocenters. The summed E-state index contributed by atoms with van der Waals surface area (Å²) in [7, 11) is 0. The van der Waals surface area contributed by atoms with Gasteiger partial charge in [-0.15, -0.1) is 0 Å². The quantitative estimate of drug-likeness (QED) is 0.845. The van der Waals surface area contributed by atoms with Gasteiger partial charge in [-0.25, -0.2) is 8.78 Å². The minimum Gasteiger partial charge on any atom is -0.314 e. The van der Waals surface area contributed by atoms with Gasteiger partial charge in [-0.3, -0.25) is 4.90 Å². The summed E-state index contributed by atoms with van der Waals surface area (Å²) in [5, 5.41) is 3.25. The third-order valence-electron chi connectivity index (χ3n) is 3.14. The molecule has 1 N–H and O–H groups in total. The molecule has 1 aromatic rings. The van der Waals surface area contributed by atoms with E-state index in [4.69, 9.17) is 0 Å². The van der Waals surface area contributed by atoms with Gasteiger partial charge >= 0.3 is 0 Å². The second-order valence-corrected chi connectivity index (χ2v) is 5.20. The van der Waals surface area contributed by atoms with E-state index in [0.29, 0.717) is 17.1 Å². The molecule has 5 heteroatoms. The Labute approximate surface area is 108 Å². The summed E-state index contributed by atoms with van der Waals surface area (Å²) in [5.74, 6) is -0.966. The Kier molecular flexibility index (Phi) is 4.12. The van der Waals surface area contributed by atoms with E-state index >= 15 is 0 Å². The third kappa shape index (κ3) is 2.84. The van der Waals surface area contributed by atoms with Crippen molar-refractivity contribution in [3.63, 3.8) is 0 Å². The zero-order chi connectivity index (χ0) is 12.4. The van der Waals surface area contributed by atoms with E-state index in [9.17, 15) is 8.78 Å². The number of hydrogen-bond acceptors (Lipinski definition) is 2.